The number of carboxylic acid groups (broad SMARTS) is 1. The van der Waals surface area contributed by atoms with Crippen molar-refractivity contribution < 1.29 is 14.7 Å². The first-order valence-corrected chi connectivity index (χ1v) is 5.34. The molecule has 0 saturated heterocycles. The van der Waals surface area contributed by atoms with Crippen LogP contribution >= 0.6 is 0 Å². The minimum Gasteiger partial charge on any atom is -0.481 e. The molecule has 0 bridgehead atoms. The molecule has 1 rings (SSSR count). The summed E-state index contributed by atoms with van der Waals surface area (Å²) >= 11 is 0. The van der Waals surface area contributed by atoms with Crippen LogP contribution in [0.25, 0.3) is 0 Å². The fourth-order valence-electron chi connectivity index (χ4n) is 1.46. The minimum absolute atomic E-state index is 0.00132. The maximum absolute atomic E-state index is 11.8. The summed E-state index contributed by atoms with van der Waals surface area (Å²) in [5.41, 5.74) is 5.65. The van der Waals surface area contributed by atoms with E-state index in [1.54, 1.807) is 4.90 Å². The third-order valence-electron chi connectivity index (χ3n) is 2.59. The Morgan fingerprint density at radius 3 is 2.53 bits per heavy atom. The molecular formula is C10H18N2O3. The monoisotopic (exact) mass is 214 g/mol. The fraction of sp³-hybridized carbons (Fsp3) is 0.800. The van der Waals surface area contributed by atoms with Gasteiger partial charge in [-0.05, 0) is 19.3 Å². The summed E-state index contributed by atoms with van der Waals surface area (Å²) < 4.78 is 0. The normalized spacial score (nSPS) is 17.2. The highest BCUT2D eigenvalue weighted by Crippen LogP contribution is 2.27. The van der Waals surface area contributed by atoms with E-state index in [2.05, 4.69) is 0 Å². The summed E-state index contributed by atoms with van der Waals surface area (Å²) in [5, 5.41) is 8.57. The van der Waals surface area contributed by atoms with Crippen molar-refractivity contribution in [3.05, 3.63) is 0 Å². The predicted octanol–water partition coefficient (Wildman–Crippen LogP) is 0.189. The van der Waals surface area contributed by atoms with Gasteiger partial charge in [0.15, 0.2) is 0 Å². The molecule has 0 heterocycles. The van der Waals surface area contributed by atoms with Crippen molar-refractivity contribution in [2.24, 2.45) is 5.73 Å². The van der Waals surface area contributed by atoms with Crippen LogP contribution in [0.5, 0.6) is 0 Å². The molecule has 5 nitrogen and oxygen atoms in total. The van der Waals surface area contributed by atoms with E-state index in [9.17, 15) is 9.59 Å². The third kappa shape index (κ3) is 3.51. The third-order valence-corrected chi connectivity index (χ3v) is 2.59. The molecule has 1 fully saturated rings. The zero-order valence-electron chi connectivity index (χ0n) is 8.98. The number of aliphatic carboxylic acids is 1. The van der Waals surface area contributed by atoms with Crippen molar-refractivity contribution in [2.45, 2.75) is 44.7 Å². The lowest BCUT2D eigenvalue weighted by atomic mass is 10.2. The van der Waals surface area contributed by atoms with Crippen LogP contribution in [0.4, 0.5) is 0 Å². The average molecular weight is 214 g/mol. The van der Waals surface area contributed by atoms with E-state index in [0.717, 1.165) is 12.8 Å². The van der Waals surface area contributed by atoms with Crippen molar-refractivity contribution in [3.63, 3.8) is 0 Å². The number of nitrogens with two attached hydrogens (primary N) is 1. The van der Waals surface area contributed by atoms with Crippen molar-refractivity contribution in [1.82, 2.24) is 4.90 Å². The maximum Gasteiger partial charge on any atom is 0.305 e. The van der Waals surface area contributed by atoms with Crippen LogP contribution in [-0.4, -0.2) is 40.5 Å². The van der Waals surface area contributed by atoms with Crippen LogP contribution in [0.3, 0.4) is 0 Å². The molecule has 0 aromatic carbocycles. The molecule has 1 atom stereocenters. The largest absolute Gasteiger partial charge is 0.481 e. The Balaban J connectivity index is 2.49. The van der Waals surface area contributed by atoms with Gasteiger partial charge in [0.2, 0.25) is 5.91 Å². The van der Waals surface area contributed by atoms with Gasteiger partial charge in [0.25, 0.3) is 0 Å². The van der Waals surface area contributed by atoms with Gasteiger partial charge in [-0.2, -0.15) is 0 Å². The van der Waals surface area contributed by atoms with Crippen molar-refractivity contribution in [2.75, 3.05) is 6.54 Å². The van der Waals surface area contributed by atoms with Gasteiger partial charge in [0, 0.05) is 12.6 Å². The van der Waals surface area contributed by atoms with Crippen molar-refractivity contribution in [1.29, 1.82) is 0 Å². The highest BCUT2D eigenvalue weighted by Gasteiger charge is 2.34. The van der Waals surface area contributed by atoms with E-state index in [1.165, 1.54) is 0 Å². The Morgan fingerprint density at radius 1 is 1.53 bits per heavy atom. The first-order chi connectivity index (χ1) is 7.06. The number of rotatable bonds is 6. The minimum atomic E-state index is -0.876. The molecule has 1 aliphatic carbocycles. The molecule has 0 spiro atoms. The zero-order valence-corrected chi connectivity index (χ0v) is 8.98. The molecule has 15 heavy (non-hydrogen) atoms. The Hall–Kier alpha value is -1.10. The van der Waals surface area contributed by atoms with Gasteiger partial charge in [-0.15, -0.1) is 0 Å². The Morgan fingerprint density at radius 2 is 2.13 bits per heavy atom. The van der Waals surface area contributed by atoms with Gasteiger partial charge in [-0.25, -0.2) is 0 Å². The average Bonchev–Trinajstić information content (AvgIpc) is 3.00. The van der Waals surface area contributed by atoms with Crippen LogP contribution in [0.2, 0.25) is 0 Å². The topological polar surface area (TPSA) is 83.6 Å². The summed E-state index contributed by atoms with van der Waals surface area (Å²) in [4.78, 5) is 23.8. The van der Waals surface area contributed by atoms with Crippen molar-refractivity contribution in [3.8, 4) is 0 Å². The van der Waals surface area contributed by atoms with Crippen LogP contribution in [-0.2, 0) is 9.59 Å². The van der Waals surface area contributed by atoms with Gasteiger partial charge in [-0.3, -0.25) is 9.59 Å². The number of carbonyl (C=O) groups excluding carboxylic acids is 1. The Kier molecular flexibility index (Phi) is 4.08. The first kappa shape index (κ1) is 12.0. The van der Waals surface area contributed by atoms with Crippen LogP contribution in [0.1, 0.15) is 32.6 Å². The molecule has 86 valence electrons. The van der Waals surface area contributed by atoms with Gasteiger partial charge in [0.05, 0.1) is 12.5 Å². The molecule has 0 aromatic rings. The van der Waals surface area contributed by atoms with Gasteiger partial charge in [0.1, 0.15) is 0 Å². The molecule has 1 amide bonds. The number of hydrogen-bond donors (Lipinski definition) is 2. The molecular weight excluding hydrogens is 196 g/mol. The van der Waals surface area contributed by atoms with Gasteiger partial charge >= 0.3 is 5.97 Å². The summed E-state index contributed by atoms with van der Waals surface area (Å²) in [6.45, 7) is 2.14. The standard InChI is InChI=1S/C10H18N2O3/c1-2-8(11)10(15)12(7-3-4-7)6-5-9(13)14/h7-8H,2-6,11H2,1H3,(H,13,14). The Bertz CT molecular complexity index is 251. The lowest BCUT2D eigenvalue weighted by Crippen LogP contribution is -2.45. The molecule has 0 radical (unpaired) electrons. The van der Waals surface area contributed by atoms with E-state index >= 15 is 0 Å². The molecule has 1 unspecified atom stereocenters. The Labute approximate surface area is 89.2 Å². The number of nitrogens with zero attached hydrogens (tertiary/aromatic N) is 1. The number of hydrogen-bond acceptors (Lipinski definition) is 3. The molecule has 1 aliphatic rings. The second-order valence-corrected chi connectivity index (χ2v) is 3.92. The number of amides is 1. The van der Waals surface area contributed by atoms with Crippen LogP contribution in [0, 0.1) is 0 Å². The highest BCUT2D eigenvalue weighted by atomic mass is 16.4. The summed E-state index contributed by atoms with van der Waals surface area (Å²) in [7, 11) is 0. The second-order valence-electron chi connectivity index (χ2n) is 3.92. The maximum atomic E-state index is 11.8. The zero-order chi connectivity index (χ0) is 11.4. The van der Waals surface area contributed by atoms with Gasteiger partial charge in [-0.1, -0.05) is 6.92 Å². The quantitative estimate of drug-likeness (QED) is 0.661. The summed E-state index contributed by atoms with van der Waals surface area (Å²) in [5.74, 6) is -0.986. The van der Waals surface area contributed by atoms with E-state index < -0.39 is 12.0 Å². The second kappa shape index (κ2) is 5.11. The SMILES string of the molecule is CCC(N)C(=O)N(CCC(=O)O)C1CC1. The van der Waals surface area contributed by atoms with E-state index in [4.69, 9.17) is 10.8 Å². The summed E-state index contributed by atoms with van der Waals surface area (Å²) in [6, 6.07) is -0.256. The summed E-state index contributed by atoms with van der Waals surface area (Å²) in [6.07, 6.45) is 2.54. The molecule has 3 N–H and O–H groups in total. The molecule has 5 heteroatoms. The number of carboxylic acids is 1. The molecule has 0 aliphatic heterocycles. The van der Waals surface area contributed by atoms with Crippen LogP contribution < -0.4 is 5.73 Å². The van der Waals surface area contributed by atoms with Gasteiger partial charge < -0.3 is 15.7 Å². The number of carbonyl (C=O) groups is 2. The fourth-order valence-corrected chi connectivity index (χ4v) is 1.46. The van der Waals surface area contributed by atoms with Crippen molar-refractivity contribution >= 4 is 11.9 Å². The first-order valence-electron chi connectivity index (χ1n) is 5.34. The molecule has 0 aromatic heterocycles. The van der Waals surface area contributed by atoms with E-state index in [0.29, 0.717) is 6.42 Å². The molecule has 1 saturated carbocycles. The van der Waals surface area contributed by atoms with Crippen LogP contribution in [0.15, 0.2) is 0 Å². The lowest BCUT2D eigenvalue weighted by Gasteiger charge is -2.24. The highest BCUT2D eigenvalue weighted by molar-refractivity contribution is 5.82. The lowest BCUT2D eigenvalue weighted by molar-refractivity contribution is -0.139. The smallest absolute Gasteiger partial charge is 0.305 e. The predicted molar refractivity (Wildman–Crippen MR) is 55.3 cm³/mol. The van der Waals surface area contributed by atoms with E-state index in [-0.39, 0.29) is 24.9 Å². The van der Waals surface area contributed by atoms with E-state index in [1.807, 2.05) is 6.92 Å².